The van der Waals surface area contributed by atoms with Gasteiger partial charge in [-0.1, -0.05) is 6.07 Å². The van der Waals surface area contributed by atoms with Crippen LogP contribution >= 0.6 is 0 Å². The monoisotopic (exact) mass is 369 g/mol. The number of ether oxygens (including phenoxy) is 1. The minimum Gasteiger partial charge on any atom is -0.367 e. The Balaban J connectivity index is 1.26. The normalized spacial score (nSPS) is 31.7. The van der Waals surface area contributed by atoms with Crippen LogP contribution in [0.1, 0.15) is 25.7 Å². The van der Waals surface area contributed by atoms with E-state index in [1.54, 1.807) is 29.3 Å². The third-order valence-electron chi connectivity index (χ3n) is 5.72. The second-order valence-electron chi connectivity index (χ2n) is 7.41. The summed E-state index contributed by atoms with van der Waals surface area (Å²) in [6, 6.07) is 7.09. The topological polar surface area (TPSA) is 107 Å². The Bertz CT molecular complexity index is 749. The third kappa shape index (κ3) is 3.66. The molecule has 1 aromatic heterocycles. The highest BCUT2D eigenvalue weighted by Crippen LogP contribution is 2.38. The van der Waals surface area contributed by atoms with Crippen molar-refractivity contribution in [3.05, 3.63) is 24.4 Å². The number of rotatable bonds is 5. The number of anilines is 1. The molecule has 0 radical (unpaired) electrons. The zero-order chi connectivity index (χ0) is 18.8. The molecule has 0 aromatic carbocycles. The van der Waals surface area contributed by atoms with Crippen LogP contribution in [0.2, 0.25) is 0 Å². The molecule has 3 fully saturated rings. The quantitative estimate of drug-likeness (QED) is 0.790. The molecule has 2 bridgehead atoms. The van der Waals surface area contributed by atoms with E-state index in [4.69, 9.17) is 4.74 Å². The number of aromatic nitrogens is 1. The molecule has 8 heteroatoms. The lowest BCUT2D eigenvalue weighted by molar-refractivity contribution is -0.135. The van der Waals surface area contributed by atoms with E-state index < -0.39 is 0 Å². The lowest BCUT2D eigenvalue weighted by atomic mass is 9.97. The largest absolute Gasteiger partial charge is 0.367 e. The molecule has 1 aliphatic carbocycles. The van der Waals surface area contributed by atoms with Gasteiger partial charge in [0.2, 0.25) is 5.91 Å². The molecule has 4 rings (SSSR count). The van der Waals surface area contributed by atoms with Crippen molar-refractivity contribution in [3.8, 4) is 6.07 Å². The van der Waals surface area contributed by atoms with Gasteiger partial charge in [-0.2, -0.15) is 5.26 Å². The maximum atomic E-state index is 12.8. The number of carbonyl (C=O) groups is 2. The Hall–Kier alpha value is -2.50. The average Bonchev–Trinajstić information content (AvgIpc) is 3.41. The first-order chi connectivity index (χ1) is 13.2. The molecule has 0 unspecified atom stereocenters. The van der Waals surface area contributed by atoms with Gasteiger partial charge in [0.05, 0.1) is 18.2 Å². The number of piperidine rings is 1. The molecule has 1 aromatic rings. The molecule has 2 amide bonds. The maximum absolute atomic E-state index is 12.8. The van der Waals surface area contributed by atoms with Crippen LogP contribution in [-0.2, 0) is 14.3 Å². The van der Waals surface area contributed by atoms with Crippen molar-refractivity contribution in [2.75, 3.05) is 18.5 Å². The van der Waals surface area contributed by atoms with Gasteiger partial charge in [0, 0.05) is 18.8 Å². The van der Waals surface area contributed by atoms with Crippen LogP contribution in [0.3, 0.4) is 0 Å². The molecule has 1 saturated carbocycles. The molecule has 3 heterocycles. The Morgan fingerprint density at radius 2 is 2.30 bits per heavy atom. The van der Waals surface area contributed by atoms with Crippen molar-refractivity contribution in [3.63, 3.8) is 0 Å². The number of nitriles is 1. The number of hydrogen-bond acceptors (Lipinski definition) is 6. The third-order valence-corrected chi connectivity index (χ3v) is 5.72. The molecule has 8 nitrogen and oxygen atoms in total. The number of nitrogens with zero attached hydrogens (tertiary/aromatic N) is 3. The zero-order valence-electron chi connectivity index (χ0n) is 15.0. The van der Waals surface area contributed by atoms with E-state index >= 15 is 0 Å². The van der Waals surface area contributed by atoms with Gasteiger partial charge in [0.15, 0.2) is 0 Å². The van der Waals surface area contributed by atoms with Gasteiger partial charge in [0.25, 0.3) is 5.91 Å². The lowest BCUT2D eigenvalue weighted by Crippen LogP contribution is -2.54. The summed E-state index contributed by atoms with van der Waals surface area (Å²) in [5.41, 5.74) is 0. The van der Waals surface area contributed by atoms with Crippen molar-refractivity contribution in [2.24, 2.45) is 5.92 Å². The molecule has 142 valence electrons. The fourth-order valence-corrected chi connectivity index (χ4v) is 4.45. The molecule has 0 spiro atoms. The van der Waals surface area contributed by atoms with Gasteiger partial charge in [-0.05, 0) is 43.7 Å². The smallest absolute Gasteiger partial charge is 0.251 e. The number of pyridine rings is 1. The molecule has 3 aliphatic rings. The van der Waals surface area contributed by atoms with Gasteiger partial charge in [0.1, 0.15) is 18.5 Å². The van der Waals surface area contributed by atoms with Gasteiger partial charge < -0.3 is 20.3 Å². The fourth-order valence-electron chi connectivity index (χ4n) is 4.45. The first kappa shape index (κ1) is 17.9. The molecule has 2 N–H and O–H groups in total. The van der Waals surface area contributed by atoms with Gasteiger partial charge in [-0.15, -0.1) is 0 Å². The summed E-state index contributed by atoms with van der Waals surface area (Å²) in [5, 5.41) is 15.3. The van der Waals surface area contributed by atoms with Crippen LogP contribution in [0.4, 0.5) is 5.82 Å². The van der Waals surface area contributed by atoms with E-state index in [9.17, 15) is 14.9 Å². The van der Waals surface area contributed by atoms with Gasteiger partial charge >= 0.3 is 0 Å². The van der Waals surface area contributed by atoms with E-state index in [1.165, 1.54) is 0 Å². The van der Waals surface area contributed by atoms with Gasteiger partial charge in [-0.3, -0.25) is 9.59 Å². The minimum atomic E-state index is -0.291. The fraction of sp³-hybridized carbons (Fsp3) is 0.579. The SMILES string of the molecule is N#C[C@@H]1CCCN1C(=O)[C@H]1N[C@H]2C[C@@H]1C[C@H]2OCC(=O)Nc1ccccn1. The molecule has 2 saturated heterocycles. The number of hydrogen-bond donors (Lipinski definition) is 2. The zero-order valence-corrected chi connectivity index (χ0v) is 15.0. The second kappa shape index (κ2) is 7.62. The summed E-state index contributed by atoms with van der Waals surface area (Å²) in [7, 11) is 0. The number of carbonyl (C=O) groups excluding carboxylic acids is 2. The number of likely N-dealkylation sites (tertiary alicyclic amines) is 1. The van der Waals surface area contributed by atoms with Crippen LogP contribution in [0, 0.1) is 17.2 Å². The number of nitrogens with one attached hydrogen (secondary N) is 2. The first-order valence-corrected chi connectivity index (χ1v) is 9.44. The molecular formula is C19H23N5O3. The van der Waals surface area contributed by atoms with E-state index in [0.29, 0.717) is 12.4 Å². The van der Waals surface area contributed by atoms with E-state index in [-0.39, 0.29) is 48.6 Å². The molecular weight excluding hydrogens is 346 g/mol. The second-order valence-corrected chi connectivity index (χ2v) is 7.41. The highest BCUT2D eigenvalue weighted by molar-refractivity contribution is 5.90. The Morgan fingerprint density at radius 3 is 3.00 bits per heavy atom. The summed E-state index contributed by atoms with van der Waals surface area (Å²) in [6.45, 7) is 0.633. The van der Waals surface area contributed by atoms with Gasteiger partial charge in [-0.25, -0.2) is 4.98 Å². The van der Waals surface area contributed by atoms with Crippen LogP contribution in [0.5, 0.6) is 0 Å². The lowest BCUT2D eigenvalue weighted by Gasteiger charge is -2.32. The van der Waals surface area contributed by atoms with E-state index in [1.807, 2.05) is 0 Å². The Labute approximate surface area is 157 Å². The summed E-state index contributed by atoms with van der Waals surface area (Å²) >= 11 is 0. The molecule has 5 atom stereocenters. The van der Waals surface area contributed by atoms with Crippen molar-refractivity contribution >= 4 is 17.6 Å². The Kier molecular flexibility index (Phi) is 5.05. The van der Waals surface area contributed by atoms with Crippen molar-refractivity contribution in [1.82, 2.24) is 15.2 Å². The maximum Gasteiger partial charge on any atom is 0.251 e. The van der Waals surface area contributed by atoms with Crippen molar-refractivity contribution in [1.29, 1.82) is 5.26 Å². The average molecular weight is 369 g/mol. The van der Waals surface area contributed by atoms with Crippen molar-refractivity contribution < 1.29 is 14.3 Å². The summed E-state index contributed by atoms with van der Waals surface area (Å²) in [5.74, 6) is 0.503. The van der Waals surface area contributed by atoms with E-state index in [2.05, 4.69) is 21.7 Å². The Morgan fingerprint density at radius 1 is 1.41 bits per heavy atom. The van der Waals surface area contributed by atoms with E-state index in [0.717, 1.165) is 25.7 Å². The van der Waals surface area contributed by atoms with Crippen LogP contribution in [0.25, 0.3) is 0 Å². The van der Waals surface area contributed by atoms with Crippen LogP contribution in [0.15, 0.2) is 24.4 Å². The first-order valence-electron chi connectivity index (χ1n) is 9.44. The summed E-state index contributed by atoms with van der Waals surface area (Å²) < 4.78 is 5.79. The molecule has 27 heavy (non-hydrogen) atoms. The number of amides is 2. The molecule has 2 aliphatic heterocycles. The minimum absolute atomic E-state index is 0.0343. The number of fused-ring (bicyclic) bond motifs is 2. The standard InChI is InChI=1S/C19H23N5O3/c20-10-13-4-3-7-24(13)19(26)18-12-8-14(22-18)15(9-12)27-11-17(25)23-16-5-1-2-6-21-16/h1-2,5-6,12-15,18,22H,3-4,7-9,11H2,(H,21,23,25)/t12-,13+,14+,15-,18+/m1/s1. The summed E-state index contributed by atoms with van der Waals surface area (Å²) in [6.07, 6.45) is 4.83. The van der Waals surface area contributed by atoms with Crippen LogP contribution in [-0.4, -0.2) is 59.1 Å². The highest BCUT2D eigenvalue weighted by atomic mass is 16.5. The van der Waals surface area contributed by atoms with Crippen molar-refractivity contribution in [2.45, 2.75) is 49.9 Å². The summed E-state index contributed by atoms with van der Waals surface area (Å²) in [4.78, 5) is 30.6. The van der Waals surface area contributed by atoms with Crippen LogP contribution < -0.4 is 10.6 Å². The highest BCUT2D eigenvalue weighted by Gasteiger charge is 2.50. The predicted molar refractivity (Wildman–Crippen MR) is 96.4 cm³/mol. The predicted octanol–water partition coefficient (Wildman–Crippen LogP) is 0.670.